The number of fused-ring (bicyclic) bond motifs is 1. The van der Waals surface area contributed by atoms with Gasteiger partial charge in [0.15, 0.2) is 0 Å². The first-order chi connectivity index (χ1) is 23.1. The molecule has 16 heteroatoms. The molecule has 0 radical (unpaired) electrons. The summed E-state index contributed by atoms with van der Waals surface area (Å²) in [7, 11) is 0. The third-order valence-electron chi connectivity index (χ3n) is 7.87. The Hall–Kier alpha value is -4.07. The number of nitriles is 1. The molecule has 0 bridgehead atoms. The van der Waals surface area contributed by atoms with Crippen LogP contribution >= 0.6 is 11.8 Å². The van der Waals surface area contributed by atoms with E-state index in [1.54, 1.807) is 11.8 Å². The summed E-state index contributed by atoms with van der Waals surface area (Å²) in [5, 5.41) is 30.3. The van der Waals surface area contributed by atoms with Gasteiger partial charge < -0.3 is 24.6 Å². The van der Waals surface area contributed by atoms with Crippen molar-refractivity contribution in [1.29, 1.82) is 5.26 Å². The fourth-order valence-electron chi connectivity index (χ4n) is 5.65. The van der Waals surface area contributed by atoms with Crippen molar-refractivity contribution in [2.75, 3.05) is 35.6 Å². The molecule has 1 saturated heterocycles. The number of aliphatic carboxylic acids is 2. The Labute approximate surface area is 293 Å². The van der Waals surface area contributed by atoms with Crippen LogP contribution in [0.4, 0.5) is 29.5 Å². The summed E-state index contributed by atoms with van der Waals surface area (Å²) >= 11 is 1.57. The first kappa shape index (κ1) is 40.4. The molecule has 0 saturated carbocycles. The minimum Gasteiger partial charge on any atom is -0.480 e. The van der Waals surface area contributed by atoms with Gasteiger partial charge in [-0.05, 0) is 78.1 Å². The number of thioether (sulfide) groups is 1. The highest BCUT2D eigenvalue weighted by molar-refractivity contribution is 7.99. The van der Waals surface area contributed by atoms with E-state index in [4.69, 9.17) is 24.4 Å². The average molecular weight is 724 g/mol. The van der Waals surface area contributed by atoms with E-state index in [0.29, 0.717) is 42.4 Å². The van der Waals surface area contributed by atoms with E-state index in [1.165, 1.54) is 0 Å². The van der Waals surface area contributed by atoms with Crippen molar-refractivity contribution in [2.45, 2.75) is 102 Å². The Bertz CT molecular complexity index is 1580. The maximum atomic E-state index is 12.1. The van der Waals surface area contributed by atoms with Crippen molar-refractivity contribution in [3.05, 3.63) is 46.5 Å². The van der Waals surface area contributed by atoms with Crippen LogP contribution in [-0.2, 0) is 38.5 Å². The van der Waals surface area contributed by atoms with E-state index in [9.17, 15) is 33.1 Å². The summed E-state index contributed by atoms with van der Waals surface area (Å²) in [4.78, 5) is 41.7. The molecule has 3 heterocycles. The second kappa shape index (κ2) is 16.3. The zero-order valence-corrected chi connectivity index (χ0v) is 30.0. The molecule has 2 aliphatic heterocycles. The number of hydrogen-bond donors (Lipinski definition) is 3. The molecule has 1 aromatic carbocycles. The summed E-state index contributed by atoms with van der Waals surface area (Å²) in [5.41, 5.74) is 3.37. The van der Waals surface area contributed by atoms with Gasteiger partial charge in [-0.2, -0.15) is 18.4 Å². The number of ether oxygens (including phenoxy) is 2. The predicted molar refractivity (Wildman–Crippen MR) is 181 cm³/mol. The van der Waals surface area contributed by atoms with E-state index in [0.717, 1.165) is 34.7 Å². The quantitative estimate of drug-likeness (QED) is 0.268. The highest BCUT2D eigenvalue weighted by Crippen LogP contribution is 2.39. The molecule has 0 aliphatic carbocycles. The first-order valence-corrected chi connectivity index (χ1v) is 16.9. The van der Waals surface area contributed by atoms with Gasteiger partial charge in [-0.15, -0.1) is 11.8 Å². The van der Waals surface area contributed by atoms with Gasteiger partial charge >= 0.3 is 24.2 Å². The van der Waals surface area contributed by atoms with E-state index in [1.807, 2.05) is 77.6 Å². The van der Waals surface area contributed by atoms with Crippen LogP contribution in [0.3, 0.4) is 0 Å². The molecular weight excluding hydrogens is 679 g/mol. The van der Waals surface area contributed by atoms with E-state index in [2.05, 4.69) is 16.3 Å². The number of nitrogens with one attached hydrogen (secondary N) is 1. The molecule has 4 rings (SSSR count). The monoisotopic (exact) mass is 723 g/mol. The summed E-state index contributed by atoms with van der Waals surface area (Å²) < 4.78 is 43.2. The van der Waals surface area contributed by atoms with Gasteiger partial charge in [0.25, 0.3) is 0 Å². The number of halogens is 3. The van der Waals surface area contributed by atoms with Crippen LogP contribution in [0.5, 0.6) is 0 Å². The van der Waals surface area contributed by atoms with Gasteiger partial charge in [-0.25, -0.2) is 14.6 Å². The zero-order chi connectivity index (χ0) is 37.6. The SMILES string of the molecule is CC1CN(c2nc(SCCc3ccc(NC(=O)OC(C)(C)C)cc3)c(C#N)c3c2COC(C)(C)C3)CC(C)N1CC(=O)O.O=C(O)C(F)(F)F. The van der Waals surface area contributed by atoms with Gasteiger partial charge in [0, 0.05) is 48.6 Å². The van der Waals surface area contributed by atoms with Crippen LogP contribution in [0.25, 0.3) is 0 Å². The number of carbonyl (C=O) groups excluding carboxylic acids is 1. The molecule has 2 aromatic rings. The largest absolute Gasteiger partial charge is 0.490 e. The molecule has 12 nitrogen and oxygen atoms in total. The molecule has 2 aliphatic rings. The third-order valence-corrected chi connectivity index (χ3v) is 8.85. The number of alkyl halides is 3. The number of pyridine rings is 1. The minimum atomic E-state index is -5.08. The van der Waals surface area contributed by atoms with Crippen LogP contribution in [0.15, 0.2) is 29.3 Å². The number of anilines is 2. The third kappa shape index (κ3) is 11.5. The standard InChI is InChI=1S/C32H43N5O5S.C2HF3O2/c1-20-16-36(17-21(2)37(20)18-27(38)39)28-26-19-41-32(6,7)14-24(26)25(15-33)29(35-28)43-13-12-22-8-10-23(11-9-22)34-30(40)42-31(3,4)5;3-2(4,5)1(6)7/h8-11,20-21H,12-14,16-19H2,1-7H3,(H,34,40)(H,38,39);(H,6,7). The summed E-state index contributed by atoms with van der Waals surface area (Å²) in [6.45, 7) is 15.3. The van der Waals surface area contributed by atoms with E-state index >= 15 is 0 Å². The van der Waals surface area contributed by atoms with Crippen LogP contribution in [0.1, 0.15) is 70.7 Å². The number of aromatic nitrogens is 1. The molecule has 1 fully saturated rings. The number of benzene rings is 1. The predicted octanol–water partition coefficient (Wildman–Crippen LogP) is 6.10. The minimum absolute atomic E-state index is 0.00548. The number of nitrogens with zero attached hydrogens (tertiary/aromatic N) is 4. The highest BCUT2D eigenvalue weighted by Gasteiger charge is 2.39. The topological polar surface area (TPSA) is 165 Å². The lowest BCUT2D eigenvalue weighted by Crippen LogP contribution is -2.58. The van der Waals surface area contributed by atoms with Crippen LogP contribution in [0, 0.1) is 11.3 Å². The molecule has 1 amide bonds. The second-order valence-corrected chi connectivity index (χ2v) is 14.9. The molecule has 2 unspecified atom stereocenters. The Morgan fingerprint density at radius 3 is 2.18 bits per heavy atom. The van der Waals surface area contributed by atoms with Gasteiger partial charge in [-0.1, -0.05) is 12.1 Å². The number of carbonyl (C=O) groups is 3. The smallest absolute Gasteiger partial charge is 0.480 e. The maximum Gasteiger partial charge on any atom is 0.490 e. The van der Waals surface area contributed by atoms with Crippen molar-refractivity contribution in [3.8, 4) is 6.07 Å². The summed E-state index contributed by atoms with van der Waals surface area (Å²) in [6.07, 6.45) is -4.20. The number of rotatable bonds is 8. The normalized spacial score (nSPS) is 18.9. The number of carboxylic acids is 2. The number of amides is 1. The van der Waals surface area contributed by atoms with Crippen molar-refractivity contribution < 1.29 is 47.2 Å². The van der Waals surface area contributed by atoms with Gasteiger partial charge in [-0.3, -0.25) is 15.0 Å². The maximum absolute atomic E-state index is 12.1. The van der Waals surface area contributed by atoms with Gasteiger partial charge in [0.1, 0.15) is 22.5 Å². The fraction of sp³-hybridized carbons (Fsp3) is 0.559. The molecular formula is C34H44F3N5O7S. The Kier molecular flexibility index (Phi) is 13.2. The number of carboxylic acid groups (broad SMARTS) is 2. The van der Waals surface area contributed by atoms with Crippen LogP contribution in [-0.4, -0.2) is 93.0 Å². The molecule has 50 heavy (non-hydrogen) atoms. The second-order valence-electron chi connectivity index (χ2n) is 13.8. The molecule has 274 valence electrons. The van der Waals surface area contributed by atoms with E-state index in [-0.39, 0.29) is 18.6 Å². The number of hydrogen-bond acceptors (Lipinski definition) is 10. The Balaban J connectivity index is 0.000000872. The zero-order valence-electron chi connectivity index (χ0n) is 29.2. The molecule has 0 spiro atoms. The summed E-state index contributed by atoms with van der Waals surface area (Å²) in [6, 6.07) is 10.2. The van der Waals surface area contributed by atoms with Crippen molar-refractivity contribution in [3.63, 3.8) is 0 Å². The lowest BCUT2D eigenvalue weighted by molar-refractivity contribution is -0.192. The molecule has 1 aromatic heterocycles. The Morgan fingerprint density at radius 1 is 1.10 bits per heavy atom. The van der Waals surface area contributed by atoms with E-state index < -0.39 is 35.4 Å². The highest BCUT2D eigenvalue weighted by atomic mass is 32.2. The van der Waals surface area contributed by atoms with Crippen LogP contribution in [0.2, 0.25) is 0 Å². The first-order valence-electron chi connectivity index (χ1n) is 15.9. The van der Waals surface area contributed by atoms with Crippen molar-refractivity contribution >= 4 is 41.3 Å². The lowest BCUT2D eigenvalue weighted by atomic mass is 9.89. The Morgan fingerprint density at radius 2 is 1.68 bits per heavy atom. The van der Waals surface area contributed by atoms with Crippen molar-refractivity contribution in [1.82, 2.24) is 9.88 Å². The van der Waals surface area contributed by atoms with Gasteiger partial charge in [0.2, 0.25) is 0 Å². The number of piperazine rings is 1. The average Bonchev–Trinajstić information content (AvgIpc) is 2.97. The molecule has 2 atom stereocenters. The van der Waals surface area contributed by atoms with Crippen LogP contribution < -0.4 is 10.2 Å². The summed E-state index contributed by atoms with van der Waals surface area (Å²) in [5.74, 6) is -2.03. The van der Waals surface area contributed by atoms with Gasteiger partial charge in [0.05, 0.1) is 24.3 Å². The molecule has 3 N–H and O–H groups in total. The fourth-order valence-corrected chi connectivity index (χ4v) is 6.64. The van der Waals surface area contributed by atoms with Crippen molar-refractivity contribution in [2.24, 2.45) is 0 Å². The number of aryl methyl sites for hydroxylation is 1. The lowest BCUT2D eigenvalue weighted by Gasteiger charge is -2.45.